The van der Waals surface area contributed by atoms with Gasteiger partial charge >= 0.3 is 0 Å². The first-order valence-electron chi connectivity index (χ1n) is 11.7. The van der Waals surface area contributed by atoms with Crippen molar-refractivity contribution in [2.45, 2.75) is 0 Å². The van der Waals surface area contributed by atoms with Gasteiger partial charge in [-0.3, -0.25) is 0 Å². The van der Waals surface area contributed by atoms with Gasteiger partial charge < -0.3 is 4.42 Å². The molecule has 5 heteroatoms. The molecule has 7 aromatic rings. The van der Waals surface area contributed by atoms with Crippen LogP contribution >= 0.6 is 11.6 Å². The van der Waals surface area contributed by atoms with Crippen LogP contribution in [0.1, 0.15) is 0 Å². The Labute approximate surface area is 211 Å². The molecule has 170 valence electrons. The van der Waals surface area contributed by atoms with Crippen molar-refractivity contribution in [3.05, 3.63) is 114 Å². The minimum Gasteiger partial charge on any atom is -0.456 e. The van der Waals surface area contributed by atoms with Crippen LogP contribution in [0.5, 0.6) is 0 Å². The molecular weight excluding hydrogens is 466 g/mol. The second-order valence-corrected chi connectivity index (χ2v) is 9.06. The third-order valence-corrected chi connectivity index (χ3v) is 6.61. The van der Waals surface area contributed by atoms with E-state index < -0.39 is 0 Å². The molecule has 0 aliphatic carbocycles. The van der Waals surface area contributed by atoms with Crippen LogP contribution in [0.2, 0.25) is 5.02 Å². The van der Waals surface area contributed by atoms with E-state index in [1.807, 2.05) is 97.1 Å². The van der Waals surface area contributed by atoms with E-state index in [9.17, 15) is 0 Å². The minimum absolute atomic E-state index is 0.597. The molecule has 0 amide bonds. The number of nitrogens with zero attached hydrogens (tertiary/aromatic N) is 3. The van der Waals surface area contributed by atoms with Crippen LogP contribution in [0.25, 0.3) is 66.9 Å². The summed E-state index contributed by atoms with van der Waals surface area (Å²) >= 11 is 6.34. The average molecular weight is 484 g/mol. The smallest absolute Gasteiger partial charge is 0.164 e. The molecule has 2 aromatic heterocycles. The summed E-state index contributed by atoms with van der Waals surface area (Å²) in [6.45, 7) is 0. The largest absolute Gasteiger partial charge is 0.456 e. The zero-order valence-electron chi connectivity index (χ0n) is 19.0. The van der Waals surface area contributed by atoms with Gasteiger partial charge in [-0.15, -0.1) is 0 Å². The first kappa shape index (κ1) is 20.8. The van der Waals surface area contributed by atoms with Crippen LogP contribution in [0.4, 0.5) is 0 Å². The average Bonchev–Trinajstić information content (AvgIpc) is 3.31. The summed E-state index contributed by atoms with van der Waals surface area (Å²) in [5.74, 6) is 1.85. The Morgan fingerprint density at radius 1 is 0.500 bits per heavy atom. The topological polar surface area (TPSA) is 51.8 Å². The number of halogens is 1. The van der Waals surface area contributed by atoms with Crippen molar-refractivity contribution in [2.24, 2.45) is 0 Å². The highest BCUT2D eigenvalue weighted by molar-refractivity contribution is 6.32. The summed E-state index contributed by atoms with van der Waals surface area (Å²) < 4.78 is 6.28. The van der Waals surface area contributed by atoms with Gasteiger partial charge in [0.25, 0.3) is 0 Å². The molecular formula is C31H18ClN3O. The van der Waals surface area contributed by atoms with Gasteiger partial charge in [0.2, 0.25) is 0 Å². The summed E-state index contributed by atoms with van der Waals surface area (Å²) in [6, 6.07) is 36.0. The molecule has 0 bridgehead atoms. The number of furan rings is 1. The number of rotatable bonds is 3. The lowest BCUT2D eigenvalue weighted by molar-refractivity contribution is 0.669. The summed E-state index contributed by atoms with van der Waals surface area (Å²) in [4.78, 5) is 14.7. The Morgan fingerprint density at radius 2 is 1.08 bits per heavy atom. The van der Waals surface area contributed by atoms with E-state index in [4.69, 9.17) is 31.0 Å². The Balaban J connectivity index is 1.56. The Kier molecular flexibility index (Phi) is 4.79. The summed E-state index contributed by atoms with van der Waals surface area (Å²) in [6.07, 6.45) is 0. The SMILES string of the molecule is Clc1ccc2oc3cc(-c4nc(-c5ccccc5)nc(-c5ccccc5)n4)c4ccccc4c3c2c1. The van der Waals surface area contributed by atoms with E-state index in [2.05, 4.69) is 12.1 Å². The molecule has 5 aromatic carbocycles. The standard InChI is InChI=1S/C31H18ClN3O/c32-21-15-16-26-25(17-21)28-23-14-8-7-13-22(23)24(18-27(28)36-26)31-34-29(19-9-3-1-4-10-19)33-30(35-31)20-11-5-2-6-12-20/h1-18H. The molecule has 0 spiro atoms. The molecule has 0 aliphatic heterocycles. The van der Waals surface area contributed by atoms with Gasteiger partial charge in [0.1, 0.15) is 11.2 Å². The monoisotopic (exact) mass is 483 g/mol. The Hall–Kier alpha value is -4.54. The lowest BCUT2D eigenvalue weighted by Crippen LogP contribution is -2.00. The summed E-state index contributed by atoms with van der Waals surface area (Å²) in [5.41, 5.74) is 4.32. The normalized spacial score (nSPS) is 11.5. The quantitative estimate of drug-likeness (QED) is 0.252. The number of fused-ring (bicyclic) bond motifs is 5. The first-order chi connectivity index (χ1) is 17.7. The Bertz CT molecular complexity index is 1840. The number of aromatic nitrogens is 3. The molecule has 4 nitrogen and oxygen atoms in total. The first-order valence-corrected chi connectivity index (χ1v) is 12.0. The predicted octanol–water partition coefficient (Wildman–Crippen LogP) is 8.58. The molecule has 0 saturated carbocycles. The lowest BCUT2D eigenvalue weighted by Gasteiger charge is -2.11. The van der Waals surface area contributed by atoms with Crippen LogP contribution in [0.15, 0.2) is 114 Å². The highest BCUT2D eigenvalue weighted by atomic mass is 35.5. The van der Waals surface area contributed by atoms with E-state index in [0.717, 1.165) is 49.4 Å². The molecule has 36 heavy (non-hydrogen) atoms. The van der Waals surface area contributed by atoms with Crippen molar-refractivity contribution < 1.29 is 4.42 Å². The maximum atomic E-state index is 6.34. The van der Waals surface area contributed by atoms with E-state index >= 15 is 0 Å². The third-order valence-electron chi connectivity index (χ3n) is 6.38. The van der Waals surface area contributed by atoms with Crippen LogP contribution < -0.4 is 0 Å². The van der Waals surface area contributed by atoms with Gasteiger partial charge in [-0.05, 0) is 35.0 Å². The zero-order valence-corrected chi connectivity index (χ0v) is 19.8. The lowest BCUT2D eigenvalue weighted by atomic mass is 9.98. The van der Waals surface area contributed by atoms with Crippen molar-refractivity contribution in [3.63, 3.8) is 0 Å². The second kappa shape index (κ2) is 8.29. The molecule has 0 aliphatic rings. The van der Waals surface area contributed by atoms with E-state index in [0.29, 0.717) is 22.5 Å². The van der Waals surface area contributed by atoms with Crippen LogP contribution in [0, 0.1) is 0 Å². The molecule has 0 fully saturated rings. The molecule has 0 unspecified atom stereocenters. The van der Waals surface area contributed by atoms with Gasteiger partial charge in [0.05, 0.1) is 0 Å². The van der Waals surface area contributed by atoms with Crippen molar-refractivity contribution in [1.82, 2.24) is 15.0 Å². The molecule has 7 rings (SSSR count). The molecule has 0 saturated heterocycles. The fourth-order valence-electron chi connectivity index (χ4n) is 4.73. The highest BCUT2D eigenvalue weighted by Gasteiger charge is 2.18. The van der Waals surface area contributed by atoms with Crippen molar-refractivity contribution in [2.75, 3.05) is 0 Å². The third kappa shape index (κ3) is 3.43. The van der Waals surface area contributed by atoms with Gasteiger partial charge in [-0.25, -0.2) is 15.0 Å². The van der Waals surface area contributed by atoms with Crippen LogP contribution in [0.3, 0.4) is 0 Å². The minimum atomic E-state index is 0.597. The maximum Gasteiger partial charge on any atom is 0.164 e. The number of benzene rings is 5. The van der Waals surface area contributed by atoms with Crippen molar-refractivity contribution >= 4 is 44.3 Å². The van der Waals surface area contributed by atoms with Crippen molar-refractivity contribution in [1.29, 1.82) is 0 Å². The molecule has 0 N–H and O–H groups in total. The van der Waals surface area contributed by atoms with Gasteiger partial charge in [0.15, 0.2) is 17.5 Å². The predicted molar refractivity (Wildman–Crippen MR) is 146 cm³/mol. The highest BCUT2D eigenvalue weighted by Crippen LogP contribution is 2.40. The van der Waals surface area contributed by atoms with Crippen LogP contribution in [-0.4, -0.2) is 15.0 Å². The zero-order chi connectivity index (χ0) is 24.1. The van der Waals surface area contributed by atoms with Crippen LogP contribution in [-0.2, 0) is 0 Å². The summed E-state index contributed by atoms with van der Waals surface area (Å²) in [7, 11) is 0. The van der Waals surface area contributed by atoms with Gasteiger partial charge in [0, 0.05) is 32.5 Å². The number of hydrogen-bond acceptors (Lipinski definition) is 4. The van der Waals surface area contributed by atoms with Crippen molar-refractivity contribution in [3.8, 4) is 34.2 Å². The Morgan fingerprint density at radius 3 is 1.75 bits per heavy atom. The fourth-order valence-corrected chi connectivity index (χ4v) is 4.90. The van der Waals surface area contributed by atoms with Gasteiger partial charge in [-0.1, -0.05) is 96.5 Å². The fraction of sp³-hybridized carbons (Fsp3) is 0. The molecule has 0 atom stereocenters. The summed E-state index contributed by atoms with van der Waals surface area (Å²) in [5, 5.41) is 4.81. The number of hydrogen-bond donors (Lipinski definition) is 0. The second-order valence-electron chi connectivity index (χ2n) is 8.62. The maximum absolute atomic E-state index is 6.34. The molecule has 2 heterocycles. The van der Waals surface area contributed by atoms with E-state index in [-0.39, 0.29) is 0 Å². The molecule has 0 radical (unpaired) electrons. The van der Waals surface area contributed by atoms with E-state index in [1.54, 1.807) is 0 Å². The van der Waals surface area contributed by atoms with Gasteiger partial charge in [-0.2, -0.15) is 0 Å². The van der Waals surface area contributed by atoms with E-state index in [1.165, 1.54) is 0 Å².